The van der Waals surface area contributed by atoms with Crippen molar-refractivity contribution in [3.05, 3.63) is 71.9 Å². The molecular weight excluding hydrogens is 663 g/mol. The lowest BCUT2D eigenvalue weighted by atomic mass is 10.0. The number of hydrogen-bond acceptors (Lipinski definition) is 11. The molecule has 0 saturated carbocycles. The molecule has 2 aliphatic rings. The predicted molar refractivity (Wildman–Crippen MR) is 187 cm³/mol. The lowest BCUT2D eigenvalue weighted by molar-refractivity contribution is -0.135. The van der Waals surface area contributed by atoms with Gasteiger partial charge in [0.05, 0.1) is 31.2 Å². The Labute approximate surface area is 292 Å². The SMILES string of the molecule is CCOC(=O)N1CCN(C(=O)C(NC(=O)c2cc(N3CC[C@H](OC)C3)nc(-c3ccccc3)n2)c2ccc(P(=O)(OCC)OCC)cc2)CC1. The summed E-state index contributed by atoms with van der Waals surface area (Å²) in [7, 11) is -1.91. The first-order chi connectivity index (χ1) is 24.2. The molecule has 14 nitrogen and oxygen atoms in total. The van der Waals surface area contributed by atoms with Crippen LogP contribution in [0, 0.1) is 0 Å². The van der Waals surface area contributed by atoms with Crippen molar-refractivity contribution in [2.75, 3.05) is 71.1 Å². The van der Waals surface area contributed by atoms with Crippen molar-refractivity contribution in [1.82, 2.24) is 25.1 Å². The van der Waals surface area contributed by atoms with E-state index >= 15 is 0 Å². The van der Waals surface area contributed by atoms with Crippen LogP contribution in [0.25, 0.3) is 11.4 Å². The van der Waals surface area contributed by atoms with Crippen LogP contribution in [0.1, 0.15) is 49.3 Å². The van der Waals surface area contributed by atoms with Gasteiger partial charge in [-0.2, -0.15) is 0 Å². The number of nitrogens with one attached hydrogen (secondary N) is 1. The number of methoxy groups -OCH3 is 1. The molecule has 3 amide bonds. The second kappa shape index (κ2) is 17.0. The van der Waals surface area contributed by atoms with Crippen molar-refractivity contribution in [3.8, 4) is 11.4 Å². The van der Waals surface area contributed by atoms with Crippen LogP contribution < -0.4 is 15.5 Å². The molecular formula is C35H45N6O8P. The van der Waals surface area contributed by atoms with Gasteiger partial charge in [0, 0.05) is 58.0 Å². The van der Waals surface area contributed by atoms with Gasteiger partial charge in [-0.3, -0.25) is 14.2 Å². The van der Waals surface area contributed by atoms with Crippen LogP contribution in [0.15, 0.2) is 60.7 Å². The van der Waals surface area contributed by atoms with Crippen LogP contribution in [0.4, 0.5) is 10.6 Å². The summed E-state index contributed by atoms with van der Waals surface area (Å²) < 4.78 is 35.1. The molecule has 0 aliphatic carbocycles. The molecule has 1 unspecified atom stereocenters. The first kappa shape index (κ1) is 36.9. The highest BCUT2D eigenvalue weighted by molar-refractivity contribution is 7.62. The molecule has 2 aliphatic heterocycles. The predicted octanol–water partition coefficient (Wildman–Crippen LogP) is 4.03. The standard InChI is InChI=1S/C35H45N6O8P/c1-5-47-35(44)40-21-19-39(20-22-40)34(43)31(25-13-15-28(16-14-25)50(45,48-6-2)49-7-3)38-33(42)29-23-30(41-18-17-27(24-41)46-4)37-32(36-29)26-11-9-8-10-12-26/h8-16,23,27,31H,5-7,17-22,24H2,1-4H3,(H,38,42)/t27-,31?/m0/s1. The topological polar surface area (TPSA) is 153 Å². The van der Waals surface area contributed by atoms with Crippen LogP contribution in [0.2, 0.25) is 0 Å². The normalized spacial score (nSPS) is 17.0. The Morgan fingerprint density at radius 3 is 2.14 bits per heavy atom. The smallest absolute Gasteiger partial charge is 0.409 e. The van der Waals surface area contributed by atoms with Crippen LogP contribution in [-0.2, 0) is 27.9 Å². The van der Waals surface area contributed by atoms with Gasteiger partial charge in [-0.15, -0.1) is 0 Å². The van der Waals surface area contributed by atoms with Crippen molar-refractivity contribution in [2.24, 2.45) is 0 Å². The zero-order valence-electron chi connectivity index (χ0n) is 28.9. The van der Waals surface area contributed by atoms with Crippen molar-refractivity contribution >= 4 is 36.6 Å². The monoisotopic (exact) mass is 708 g/mol. The minimum atomic E-state index is -3.59. The van der Waals surface area contributed by atoms with E-state index in [0.29, 0.717) is 35.6 Å². The molecule has 5 rings (SSSR count). The maximum absolute atomic E-state index is 14.2. The summed E-state index contributed by atoms with van der Waals surface area (Å²) in [5, 5.41) is 3.26. The molecule has 0 bridgehead atoms. The maximum Gasteiger partial charge on any atom is 0.409 e. The number of nitrogens with zero attached hydrogens (tertiary/aromatic N) is 5. The van der Waals surface area contributed by atoms with E-state index in [-0.39, 0.29) is 63.7 Å². The summed E-state index contributed by atoms with van der Waals surface area (Å²) in [6.07, 6.45) is 0.423. The number of piperazine rings is 1. The van der Waals surface area contributed by atoms with E-state index in [0.717, 1.165) is 12.0 Å². The first-order valence-corrected chi connectivity index (χ1v) is 18.5. The van der Waals surface area contributed by atoms with Crippen LogP contribution in [0.5, 0.6) is 0 Å². The minimum absolute atomic E-state index is 0.0393. The van der Waals surface area contributed by atoms with Crippen LogP contribution in [0.3, 0.4) is 0 Å². The van der Waals surface area contributed by atoms with Gasteiger partial charge in [0.1, 0.15) is 17.6 Å². The number of benzene rings is 2. The van der Waals surface area contributed by atoms with Gasteiger partial charge in [-0.05, 0) is 44.9 Å². The lowest BCUT2D eigenvalue weighted by Crippen LogP contribution is -2.53. The number of hydrogen-bond donors (Lipinski definition) is 1. The molecule has 2 saturated heterocycles. The van der Waals surface area contributed by atoms with E-state index in [9.17, 15) is 18.9 Å². The number of amides is 3. The second-order valence-corrected chi connectivity index (χ2v) is 13.8. The minimum Gasteiger partial charge on any atom is -0.450 e. The molecule has 3 aromatic rings. The fourth-order valence-corrected chi connectivity index (χ4v) is 7.50. The molecule has 2 fully saturated rings. The van der Waals surface area contributed by atoms with Gasteiger partial charge in [0.15, 0.2) is 5.82 Å². The molecule has 268 valence electrons. The fraction of sp³-hybridized carbons (Fsp3) is 0.457. The molecule has 0 spiro atoms. The summed E-state index contributed by atoms with van der Waals surface area (Å²) in [5.74, 6) is 0.00941. The Morgan fingerprint density at radius 2 is 1.54 bits per heavy atom. The molecule has 2 atom stereocenters. The number of rotatable bonds is 13. The van der Waals surface area contributed by atoms with E-state index in [2.05, 4.69) is 15.2 Å². The average Bonchev–Trinajstić information content (AvgIpc) is 3.64. The Morgan fingerprint density at radius 1 is 0.880 bits per heavy atom. The molecule has 15 heteroatoms. The van der Waals surface area contributed by atoms with Crippen molar-refractivity contribution in [2.45, 2.75) is 39.3 Å². The summed E-state index contributed by atoms with van der Waals surface area (Å²) in [4.78, 5) is 55.3. The van der Waals surface area contributed by atoms with Gasteiger partial charge in [-0.1, -0.05) is 42.5 Å². The molecule has 1 N–H and O–H groups in total. The summed E-state index contributed by atoms with van der Waals surface area (Å²) >= 11 is 0. The van der Waals surface area contributed by atoms with Crippen LogP contribution >= 0.6 is 7.60 Å². The molecule has 1 aromatic heterocycles. The largest absolute Gasteiger partial charge is 0.450 e. The van der Waals surface area contributed by atoms with E-state index < -0.39 is 25.6 Å². The lowest BCUT2D eigenvalue weighted by Gasteiger charge is -2.36. The Kier molecular flexibility index (Phi) is 12.6. The van der Waals surface area contributed by atoms with Crippen molar-refractivity contribution in [3.63, 3.8) is 0 Å². The highest BCUT2D eigenvalue weighted by Gasteiger charge is 2.34. The number of aromatic nitrogens is 2. The fourth-order valence-electron chi connectivity index (χ4n) is 5.93. The van der Waals surface area contributed by atoms with Gasteiger partial charge in [-0.25, -0.2) is 14.8 Å². The molecule has 2 aromatic carbocycles. The summed E-state index contributed by atoms with van der Waals surface area (Å²) in [5.41, 5.74) is 1.29. The summed E-state index contributed by atoms with van der Waals surface area (Å²) in [6.45, 7) is 8.19. The Hall–Kier alpha value is -4.36. The van der Waals surface area contributed by atoms with E-state index in [1.807, 2.05) is 30.3 Å². The Balaban J connectivity index is 1.47. The molecule has 0 radical (unpaired) electrons. The van der Waals surface area contributed by atoms with Crippen molar-refractivity contribution < 1.29 is 37.5 Å². The molecule has 50 heavy (non-hydrogen) atoms. The number of carbonyl (C=O) groups excluding carboxylic acids is 3. The van der Waals surface area contributed by atoms with Gasteiger partial charge < -0.3 is 38.5 Å². The third-order valence-electron chi connectivity index (χ3n) is 8.56. The third-order valence-corrected chi connectivity index (χ3v) is 10.7. The highest BCUT2D eigenvalue weighted by atomic mass is 31.2. The number of carbonyl (C=O) groups is 3. The highest BCUT2D eigenvalue weighted by Crippen LogP contribution is 2.46. The Bertz CT molecular complexity index is 1660. The zero-order chi connectivity index (χ0) is 35.7. The van der Waals surface area contributed by atoms with E-state index in [1.165, 1.54) is 0 Å². The van der Waals surface area contributed by atoms with Gasteiger partial charge in [0.2, 0.25) is 5.91 Å². The second-order valence-electron chi connectivity index (χ2n) is 11.7. The van der Waals surface area contributed by atoms with E-state index in [1.54, 1.807) is 68.0 Å². The quantitative estimate of drug-likeness (QED) is 0.256. The summed E-state index contributed by atoms with van der Waals surface area (Å²) in [6, 6.07) is 16.3. The first-order valence-electron chi connectivity index (χ1n) is 16.9. The maximum atomic E-state index is 14.2. The van der Waals surface area contributed by atoms with Gasteiger partial charge in [0.25, 0.3) is 5.91 Å². The third kappa shape index (κ3) is 8.67. The number of anilines is 1. The van der Waals surface area contributed by atoms with Crippen LogP contribution in [-0.4, -0.2) is 110 Å². The molecule has 3 heterocycles. The van der Waals surface area contributed by atoms with Gasteiger partial charge >= 0.3 is 13.7 Å². The zero-order valence-corrected chi connectivity index (χ0v) is 29.8. The van der Waals surface area contributed by atoms with E-state index in [4.69, 9.17) is 23.5 Å². The average molecular weight is 709 g/mol. The van der Waals surface area contributed by atoms with Crippen molar-refractivity contribution in [1.29, 1.82) is 0 Å². The number of ether oxygens (including phenoxy) is 2.